The predicted octanol–water partition coefficient (Wildman–Crippen LogP) is 1.15. The van der Waals surface area contributed by atoms with Gasteiger partial charge < -0.3 is 15.3 Å². The van der Waals surface area contributed by atoms with Crippen molar-refractivity contribution < 1.29 is 5.11 Å². The van der Waals surface area contributed by atoms with Crippen molar-refractivity contribution in [3.05, 3.63) is 0 Å². The summed E-state index contributed by atoms with van der Waals surface area (Å²) in [6.07, 6.45) is 3.21. The number of hydrogen-bond acceptors (Lipinski definition) is 4. The Balaban J connectivity index is 2.24. The lowest BCUT2D eigenvalue weighted by Gasteiger charge is -2.37. The first-order valence-corrected chi connectivity index (χ1v) is 7.83. The van der Waals surface area contributed by atoms with E-state index in [1.165, 1.54) is 26.2 Å². The van der Waals surface area contributed by atoms with Crippen LogP contribution in [0.1, 0.15) is 40.0 Å². The molecule has 4 heteroatoms. The average Bonchev–Trinajstić information content (AvgIpc) is 2.45. The van der Waals surface area contributed by atoms with Gasteiger partial charge in [-0.25, -0.2) is 0 Å². The molecule has 0 aromatic heterocycles. The zero-order valence-corrected chi connectivity index (χ0v) is 13.3. The Morgan fingerprint density at radius 1 is 1.21 bits per heavy atom. The van der Waals surface area contributed by atoms with E-state index in [9.17, 15) is 5.11 Å². The van der Waals surface area contributed by atoms with Gasteiger partial charge in [0.05, 0.1) is 6.61 Å². The summed E-state index contributed by atoms with van der Waals surface area (Å²) in [4.78, 5) is 5.11. The minimum atomic E-state index is -0.0697. The zero-order valence-electron chi connectivity index (χ0n) is 13.3. The summed E-state index contributed by atoms with van der Waals surface area (Å²) in [6, 6.07) is 0.675. The van der Waals surface area contributed by atoms with Crippen LogP contribution in [0, 0.1) is 0 Å². The lowest BCUT2D eigenvalue weighted by atomic mass is 9.91. The number of nitrogens with zero attached hydrogens (tertiary/aromatic N) is 2. The molecule has 0 saturated carbocycles. The molecule has 1 atom stereocenters. The highest BCUT2D eigenvalue weighted by Gasteiger charge is 2.25. The molecule has 19 heavy (non-hydrogen) atoms. The standard InChI is InChI=1S/C15H33N3O/c1-5-15(13-19,16-4)7-6-8-17-9-11-18(12-10-17)14(2)3/h14,16,19H,5-13H2,1-4H3. The van der Waals surface area contributed by atoms with Crippen LogP contribution in [0.15, 0.2) is 0 Å². The second-order valence-corrected chi connectivity index (χ2v) is 6.12. The van der Waals surface area contributed by atoms with E-state index in [-0.39, 0.29) is 12.1 Å². The molecule has 0 aliphatic carbocycles. The lowest BCUT2D eigenvalue weighted by molar-refractivity contribution is 0.0999. The van der Waals surface area contributed by atoms with Gasteiger partial charge in [0.25, 0.3) is 0 Å². The Labute approximate surface area is 119 Å². The van der Waals surface area contributed by atoms with E-state index in [2.05, 4.69) is 35.9 Å². The molecule has 114 valence electrons. The third-order valence-corrected chi connectivity index (χ3v) is 4.78. The second-order valence-electron chi connectivity index (χ2n) is 6.12. The maximum atomic E-state index is 9.53. The van der Waals surface area contributed by atoms with E-state index < -0.39 is 0 Å². The predicted molar refractivity (Wildman–Crippen MR) is 81.6 cm³/mol. The van der Waals surface area contributed by atoms with E-state index in [1.54, 1.807) is 0 Å². The molecule has 1 aliphatic rings. The van der Waals surface area contributed by atoms with E-state index in [0.29, 0.717) is 6.04 Å². The number of likely N-dealkylation sites (N-methyl/N-ethyl adjacent to an activating group) is 1. The van der Waals surface area contributed by atoms with Crippen molar-refractivity contribution in [1.82, 2.24) is 15.1 Å². The molecule has 1 rings (SSSR count). The third-order valence-electron chi connectivity index (χ3n) is 4.78. The summed E-state index contributed by atoms with van der Waals surface area (Å²) in [7, 11) is 1.96. The molecule has 1 unspecified atom stereocenters. The molecular weight excluding hydrogens is 238 g/mol. The van der Waals surface area contributed by atoms with Crippen LogP contribution in [0.2, 0.25) is 0 Å². The summed E-state index contributed by atoms with van der Waals surface area (Å²) < 4.78 is 0. The Morgan fingerprint density at radius 3 is 2.26 bits per heavy atom. The van der Waals surface area contributed by atoms with Crippen LogP contribution >= 0.6 is 0 Å². The fourth-order valence-electron chi connectivity index (χ4n) is 2.89. The second kappa shape index (κ2) is 8.20. The van der Waals surface area contributed by atoms with Crippen molar-refractivity contribution in [2.24, 2.45) is 0 Å². The molecule has 1 aliphatic heterocycles. The van der Waals surface area contributed by atoms with Gasteiger partial charge >= 0.3 is 0 Å². The van der Waals surface area contributed by atoms with Gasteiger partial charge in [0, 0.05) is 37.8 Å². The fraction of sp³-hybridized carbons (Fsp3) is 1.00. The quantitative estimate of drug-likeness (QED) is 0.695. The van der Waals surface area contributed by atoms with Crippen molar-refractivity contribution in [2.45, 2.75) is 51.6 Å². The third kappa shape index (κ3) is 5.03. The summed E-state index contributed by atoms with van der Waals surface area (Å²) >= 11 is 0. The van der Waals surface area contributed by atoms with Crippen LogP contribution in [-0.4, -0.2) is 72.9 Å². The molecule has 0 aromatic rings. The number of hydrogen-bond donors (Lipinski definition) is 2. The van der Waals surface area contributed by atoms with Gasteiger partial charge in [-0.05, 0) is 46.7 Å². The van der Waals surface area contributed by atoms with E-state index in [4.69, 9.17) is 0 Å². The summed E-state index contributed by atoms with van der Waals surface area (Å²) in [5.41, 5.74) is -0.0697. The van der Waals surface area contributed by atoms with Gasteiger partial charge in [0.15, 0.2) is 0 Å². The SMILES string of the molecule is CCC(CO)(CCCN1CCN(C(C)C)CC1)NC. The van der Waals surface area contributed by atoms with Gasteiger partial charge in [-0.2, -0.15) is 0 Å². The van der Waals surface area contributed by atoms with Crippen LogP contribution in [0.25, 0.3) is 0 Å². The normalized spacial score (nSPS) is 21.8. The molecule has 1 heterocycles. The van der Waals surface area contributed by atoms with Crippen LogP contribution in [0.4, 0.5) is 0 Å². The van der Waals surface area contributed by atoms with Crippen molar-refractivity contribution in [3.63, 3.8) is 0 Å². The van der Waals surface area contributed by atoms with Crippen LogP contribution < -0.4 is 5.32 Å². The molecule has 0 spiro atoms. The topological polar surface area (TPSA) is 38.7 Å². The first kappa shape index (κ1) is 16.9. The van der Waals surface area contributed by atoms with Crippen molar-refractivity contribution in [3.8, 4) is 0 Å². The molecular formula is C15H33N3O. The van der Waals surface area contributed by atoms with Gasteiger partial charge in [-0.1, -0.05) is 6.92 Å². The number of piperazine rings is 1. The van der Waals surface area contributed by atoms with Gasteiger partial charge in [0.2, 0.25) is 0 Å². The van der Waals surface area contributed by atoms with Crippen molar-refractivity contribution in [2.75, 3.05) is 46.4 Å². The molecule has 2 N–H and O–H groups in total. The average molecular weight is 271 g/mol. The Morgan fingerprint density at radius 2 is 1.84 bits per heavy atom. The van der Waals surface area contributed by atoms with Crippen LogP contribution in [-0.2, 0) is 0 Å². The van der Waals surface area contributed by atoms with Gasteiger partial charge in [-0.15, -0.1) is 0 Å². The highest BCUT2D eigenvalue weighted by atomic mass is 16.3. The number of rotatable bonds is 8. The molecule has 1 fully saturated rings. The highest BCUT2D eigenvalue weighted by molar-refractivity contribution is 4.85. The molecule has 0 aromatic carbocycles. The van der Waals surface area contributed by atoms with E-state index in [1.807, 2.05) is 7.05 Å². The first-order valence-electron chi connectivity index (χ1n) is 7.83. The Kier molecular flexibility index (Phi) is 7.29. The van der Waals surface area contributed by atoms with Gasteiger partial charge in [0.1, 0.15) is 0 Å². The maximum absolute atomic E-state index is 9.53. The van der Waals surface area contributed by atoms with Crippen LogP contribution in [0.3, 0.4) is 0 Å². The molecule has 1 saturated heterocycles. The van der Waals surface area contributed by atoms with E-state index in [0.717, 1.165) is 25.8 Å². The Hall–Kier alpha value is -0.160. The monoisotopic (exact) mass is 271 g/mol. The molecule has 0 radical (unpaired) electrons. The summed E-state index contributed by atoms with van der Waals surface area (Å²) in [5, 5.41) is 12.8. The van der Waals surface area contributed by atoms with Crippen molar-refractivity contribution in [1.29, 1.82) is 0 Å². The lowest BCUT2D eigenvalue weighted by Crippen LogP contribution is -2.50. The largest absolute Gasteiger partial charge is 0.394 e. The molecule has 4 nitrogen and oxygen atoms in total. The minimum Gasteiger partial charge on any atom is -0.394 e. The van der Waals surface area contributed by atoms with Crippen molar-refractivity contribution >= 4 is 0 Å². The number of nitrogens with one attached hydrogen (secondary N) is 1. The first-order chi connectivity index (χ1) is 9.06. The van der Waals surface area contributed by atoms with Gasteiger partial charge in [-0.3, -0.25) is 4.90 Å². The smallest absolute Gasteiger partial charge is 0.0613 e. The van der Waals surface area contributed by atoms with Crippen LogP contribution in [0.5, 0.6) is 0 Å². The molecule has 0 amide bonds. The molecule has 0 bridgehead atoms. The number of aliphatic hydroxyl groups is 1. The van der Waals surface area contributed by atoms with E-state index >= 15 is 0 Å². The summed E-state index contributed by atoms with van der Waals surface area (Å²) in [5.74, 6) is 0. The zero-order chi connectivity index (χ0) is 14.3. The fourth-order valence-corrected chi connectivity index (χ4v) is 2.89. The highest BCUT2D eigenvalue weighted by Crippen LogP contribution is 2.17. The minimum absolute atomic E-state index is 0.0697. The Bertz CT molecular complexity index is 225. The summed E-state index contributed by atoms with van der Waals surface area (Å²) in [6.45, 7) is 12.9. The number of aliphatic hydroxyl groups excluding tert-OH is 1. The maximum Gasteiger partial charge on any atom is 0.0613 e.